The molecule has 5 heteroatoms. The molecular weight excluding hydrogens is 264 g/mol. The lowest BCUT2D eigenvalue weighted by Gasteiger charge is -2.21. The van der Waals surface area contributed by atoms with Crippen LogP contribution in [0.3, 0.4) is 0 Å². The third-order valence-electron chi connectivity index (χ3n) is 4.00. The van der Waals surface area contributed by atoms with Gasteiger partial charge in [0.05, 0.1) is 17.5 Å². The average molecular weight is 284 g/mol. The number of hydrogen-bond donors (Lipinski definition) is 2. The SMILES string of the molecule is CCN(C(=O)c1cn[nH]c1[C@@H]1CCNC1)c1ccccc1. The lowest BCUT2D eigenvalue weighted by molar-refractivity contribution is 0.0987. The van der Waals surface area contributed by atoms with Crippen molar-refractivity contribution in [2.24, 2.45) is 0 Å². The van der Waals surface area contributed by atoms with Crippen LogP contribution in [0.15, 0.2) is 36.5 Å². The standard InChI is InChI=1S/C16H20N4O/c1-2-20(13-6-4-3-5-7-13)16(21)14-11-18-19-15(14)12-8-9-17-10-12/h3-7,11-12,17H,2,8-10H2,1H3,(H,18,19)/t12-/m1/s1. The summed E-state index contributed by atoms with van der Waals surface area (Å²) in [7, 11) is 0. The fraction of sp³-hybridized carbons (Fsp3) is 0.375. The average Bonchev–Trinajstić information content (AvgIpc) is 3.20. The number of anilines is 1. The highest BCUT2D eigenvalue weighted by Crippen LogP contribution is 2.25. The van der Waals surface area contributed by atoms with Gasteiger partial charge in [-0.2, -0.15) is 5.10 Å². The number of carbonyl (C=O) groups is 1. The maximum absolute atomic E-state index is 12.9. The molecule has 1 amide bonds. The van der Waals surface area contributed by atoms with Crippen LogP contribution in [0.25, 0.3) is 0 Å². The van der Waals surface area contributed by atoms with E-state index >= 15 is 0 Å². The second kappa shape index (κ2) is 6.10. The second-order valence-electron chi connectivity index (χ2n) is 5.27. The molecule has 110 valence electrons. The maximum atomic E-state index is 12.9. The Balaban J connectivity index is 1.89. The van der Waals surface area contributed by atoms with Crippen molar-refractivity contribution in [3.05, 3.63) is 47.8 Å². The topological polar surface area (TPSA) is 61.0 Å². The molecule has 0 saturated carbocycles. The third-order valence-corrected chi connectivity index (χ3v) is 4.00. The Kier molecular flexibility index (Phi) is 4.01. The van der Waals surface area contributed by atoms with Crippen molar-refractivity contribution in [2.75, 3.05) is 24.5 Å². The summed E-state index contributed by atoms with van der Waals surface area (Å²) in [6.07, 6.45) is 2.70. The summed E-state index contributed by atoms with van der Waals surface area (Å²) in [6, 6.07) is 9.76. The number of nitrogens with one attached hydrogen (secondary N) is 2. The first-order valence-electron chi connectivity index (χ1n) is 7.42. The van der Waals surface area contributed by atoms with Crippen LogP contribution < -0.4 is 10.2 Å². The highest BCUT2D eigenvalue weighted by molar-refractivity contribution is 6.06. The minimum absolute atomic E-state index is 0.0133. The highest BCUT2D eigenvalue weighted by atomic mass is 16.2. The monoisotopic (exact) mass is 284 g/mol. The minimum Gasteiger partial charge on any atom is -0.316 e. The number of aromatic amines is 1. The van der Waals surface area contributed by atoms with Gasteiger partial charge in [0, 0.05) is 24.7 Å². The van der Waals surface area contributed by atoms with E-state index in [-0.39, 0.29) is 5.91 Å². The molecule has 0 spiro atoms. The Labute approximate surface area is 124 Å². The first-order valence-corrected chi connectivity index (χ1v) is 7.42. The molecule has 2 N–H and O–H groups in total. The largest absolute Gasteiger partial charge is 0.316 e. The molecule has 5 nitrogen and oxygen atoms in total. The lowest BCUT2D eigenvalue weighted by atomic mass is 10.0. The summed E-state index contributed by atoms with van der Waals surface area (Å²) in [4.78, 5) is 14.6. The van der Waals surface area contributed by atoms with E-state index in [9.17, 15) is 4.79 Å². The minimum atomic E-state index is 0.0133. The zero-order valence-corrected chi connectivity index (χ0v) is 12.2. The van der Waals surface area contributed by atoms with Crippen LogP contribution in [-0.2, 0) is 0 Å². The molecule has 1 aromatic heterocycles. The number of amides is 1. The summed E-state index contributed by atoms with van der Waals surface area (Å²) >= 11 is 0. The molecule has 21 heavy (non-hydrogen) atoms. The molecule has 1 atom stereocenters. The van der Waals surface area contributed by atoms with Crippen molar-refractivity contribution >= 4 is 11.6 Å². The van der Waals surface area contributed by atoms with E-state index < -0.39 is 0 Å². The van der Waals surface area contributed by atoms with Crippen molar-refractivity contribution in [1.82, 2.24) is 15.5 Å². The molecule has 3 rings (SSSR count). The van der Waals surface area contributed by atoms with Crippen LogP contribution in [0.4, 0.5) is 5.69 Å². The Morgan fingerprint density at radius 2 is 2.19 bits per heavy atom. The quantitative estimate of drug-likeness (QED) is 0.904. The lowest BCUT2D eigenvalue weighted by Crippen LogP contribution is -2.31. The van der Waals surface area contributed by atoms with Gasteiger partial charge in [0.1, 0.15) is 0 Å². The highest BCUT2D eigenvalue weighted by Gasteiger charge is 2.27. The molecule has 2 heterocycles. The van der Waals surface area contributed by atoms with Crippen LogP contribution in [0, 0.1) is 0 Å². The van der Waals surface area contributed by atoms with Gasteiger partial charge in [0.15, 0.2) is 0 Å². The number of hydrogen-bond acceptors (Lipinski definition) is 3. The third kappa shape index (κ3) is 2.69. The van der Waals surface area contributed by atoms with Gasteiger partial charge in [0.2, 0.25) is 0 Å². The van der Waals surface area contributed by atoms with Crippen molar-refractivity contribution in [2.45, 2.75) is 19.3 Å². The van der Waals surface area contributed by atoms with E-state index in [1.807, 2.05) is 37.3 Å². The van der Waals surface area contributed by atoms with E-state index in [4.69, 9.17) is 0 Å². The number of H-pyrrole nitrogens is 1. The molecule has 2 aromatic rings. The van der Waals surface area contributed by atoms with Crippen molar-refractivity contribution in [1.29, 1.82) is 0 Å². The number of rotatable bonds is 4. The summed E-state index contributed by atoms with van der Waals surface area (Å²) in [5.41, 5.74) is 2.57. The van der Waals surface area contributed by atoms with Crippen LogP contribution in [0.1, 0.15) is 35.3 Å². The molecule has 0 unspecified atom stereocenters. The van der Waals surface area contributed by atoms with Gasteiger partial charge in [-0.1, -0.05) is 18.2 Å². The molecule has 1 fully saturated rings. The predicted molar refractivity (Wildman–Crippen MR) is 82.6 cm³/mol. The van der Waals surface area contributed by atoms with E-state index in [1.54, 1.807) is 11.1 Å². The molecule has 1 aromatic carbocycles. The van der Waals surface area contributed by atoms with Gasteiger partial charge in [-0.3, -0.25) is 9.89 Å². The zero-order valence-electron chi connectivity index (χ0n) is 12.2. The van der Waals surface area contributed by atoms with Crippen molar-refractivity contribution in [3.63, 3.8) is 0 Å². The summed E-state index contributed by atoms with van der Waals surface area (Å²) < 4.78 is 0. The first-order chi connectivity index (χ1) is 10.3. The van der Waals surface area contributed by atoms with Gasteiger partial charge in [-0.05, 0) is 32.0 Å². The number of aromatic nitrogens is 2. The fourth-order valence-electron chi connectivity index (χ4n) is 2.88. The Morgan fingerprint density at radius 3 is 2.86 bits per heavy atom. The smallest absolute Gasteiger partial charge is 0.261 e. The number of carbonyl (C=O) groups excluding carboxylic acids is 1. The summed E-state index contributed by atoms with van der Waals surface area (Å²) in [5, 5.41) is 10.4. The van der Waals surface area contributed by atoms with Gasteiger partial charge in [-0.15, -0.1) is 0 Å². The van der Waals surface area contributed by atoms with E-state index in [0.29, 0.717) is 18.0 Å². The zero-order chi connectivity index (χ0) is 14.7. The summed E-state index contributed by atoms with van der Waals surface area (Å²) in [6.45, 7) is 4.52. The molecular formula is C16H20N4O. The Morgan fingerprint density at radius 1 is 1.38 bits per heavy atom. The number of nitrogens with zero attached hydrogens (tertiary/aromatic N) is 2. The normalized spacial score (nSPS) is 17.9. The first kappa shape index (κ1) is 13.8. The van der Waals surface area contributed by atoms with E-state index in [1.165, 1.54) is 0 Å². The van der Waals surface area contributed by atoms with E-state index in [0.717, 1.165) is 30.9 Å². The predicted octanol–water partition coefficient (Wildman–Crippen LogP) is 2.15. The summed E-state index contributed by atoms with van der Waals surface area (Å²) in [5.74, 6) is 0.361. The molecule has 1 aliphatic heterocycles. The Bertz CT molecular complexity index is 602. The van der Waals surface area contributed by atoms with Crippen LogP contribution in [0.5, 0.6) is 0 Å². The molecule has 0 bridgehead atoms. The molecule has 1 aliphatic rings. The van der Waals surface area contributed by atoms with Crippen LogP contribution in [0.2, 0.25) is 0 Å². The molecule has 0 aliphatic carbocycles. The van der Waals surface area contributed by atoms with Gasteiger partial charge >= 0.3 is 0 Å². The van der Waals surface area contributed by atoms with Gasteiger partial charge in [-0.25, -0.2) is 0 Å². The second-order valence-corrected chi connectivity index (χ2v) is 5.27. The maximum Gasteiger partial charge on any atom is 0.261 e. The number of benzene rings is 1. The number of para-hydroxylation sites is 1. The molecule has 0 radical (unpaired) electrons. The Hall–Kier alpha value is -2.14. The van der Waals surface area contributed by atoms with Gasteiger partial charge in [0.25, 0.3) is 5.91 Å². The van der Waals surface area contributed by atoms with Crippen molar-refractivity contribution < 1.29 is 4.79 Å². The van der Waals surface area contributed by atoms with Crippen molar-refractivity contribution in [3.8, 4) is 0 Å². The van der Waals surface area contributed by atoms with Crippen LogP contribution in [-0.4, -0.2) is 35.7 Å². The fourth-order valence-corrected chi connectivity index (χ4v) is 2.88. The van der Waals surface area contributed by atoms with Crippen LogP contribution >= 0.6 is 0 Å². The van der Waals surface area contributed by atoms with E-state index in [2.05, 4.69) is 15.5 Å². The molecule has 1 saturated heterocycles. The van der Waals surface area contributed by atoms with Gasteiger partial charge < -0.3 is 10.2 Å².